The summed E-state index contributed by atoms with van der Waals surface area (Å²) in [7, 11) is 1.62. The van der Waals surface area contributed by atoms with E-state index in [1.165, 1.54) is 11.3 Å². The maximum Gasteiger partial charge on any atom is 0.253 e. The molecule has 1 aliphatic heterocycles. The van der Waals surface area contributed by atoms with Gasteiger partial charge in [-0.3, -0.25) is 4.79 Å². The Morgan fingerprint density at radius 3 is 2.29 bits per heavy atom. The zero-order valence-electron chi connectivity index (χ0n) is 14.0. The number of anilines is 1. The zero-order valence-corrected chi connectivity index (χ0v) is 15.5. The fraction of sp³-hybridized carbons (Fsp3) is 0.316. The van der Waals surface area contributed by atoms with Gasteiger partial charge in [-0.05, 0) is 55.0 Å². The highest BCUT2D eigenvalue weighted by molar-refractivity contribution is 9.10. The van der Waals surface area contributed by atoms with Gasteiger partial charge in [0, 0.05) is 41.9 Å². The first-order chi connectivity index (χ1) is 11.6. The Labute approximate surface area is 151 Å². The monoisotopic (exact) mass is 388 g/mol. The molecule has 0 N–H and O–H groups in total. The predicted molar refractivity (Wildman–Crippen MR) is 100.0 cm³/mol. The summed E-state index contributed by atoms with van der Waals surface area (Å²) < 4.78 is 6.27. The van der Waals surface area contributed by atoms with Crippen molar-refractivity contribution in [3.05, 3.63) is 58.1 Å². The molecule has 1 aliphatic rings. The van der Waals surface area contributed by atoms with Crippen molar-refractivity contribution in [2.24, 2.45) is 0 Å². The standard InChI is InChI=1S/C19H21BrN2O2/c1-14-13-16(5-8-18(14)20)21-9-11-22(12-10-21)19(23)15-3-6-17(24-2)7-4-15/h3-8,13H,9-12H2,1-2H3. The van der Waals surface area contributed by atoms with Crippen LogP contribution in [0.2, 0.25) is 0 Å². The number of rotatable bonds is 3. The molecule has 5 heteroatoms. The fourth-order valence-corrected chi connectivity index (χ4v) is 3.16. The zero-order chi connectivity index (χ0) is 17.1. The normalized spacial score (nSPS) is 14.6. The molecule has 2 aromatic rings. The van der Waals surface area contributed by atoms with Crippen molar-refractivity contribution in [3.63, 3.8) is 0 Å². The molecule has 0 aromatic heterocycles. The topological polar surface area (TPSA) is 32.8 Å². The maximum absolute atomic E-state index is 12.6. The molecule has 1 fully saturated rings. The molecule has 0 aliphatic carbocycles. The minimum atomic E-state index is 0.0873. The van der Waals surface area contributed by atoms with Gasteiger partial charge >= 0.3 is 0 Å². The van der Waals surface area contributed by atoms with E-state index in [2.05, 4.69) is 46.0 Å². The number of carbonyl (C=O) groups is 1. The van der Waals surface area contributed by atoms with Crippen LogP contribution in [0.4, 0.5) is 5.69 Å². The first kappa shape index (κ1) is 16.8. The molecule has 3 rings (SSSR count). The highest BCUT2D eigenvalue weighted by Crippen LogP contribution is 2.24. The molecule has 0 saturated carbocycles. The van der Waals surface area contributed by atoms with Crippen LogP contribution >= 0.6 is 15.9 Å². The van der Waals surface area contributed by atoms with Crippen LogP contribution in [0.3, 0.4) is 0 Å². The molecule has 0 radical (unpaired) electrons. The van der Waals surface area contributed by atoms with Crippen molar-refractivity contribution in [2.75, 3.05) is 38.2 Å². The lowest BCUT2D eigenvalue weighted by atomic mass is 10.1. The number of ether oxygens (including phenoxy) is 1. The third kappa shape index (κ3) is 3.56. The number of piperazine rings is 1. The van der Waals surface area contributed by atoms with Gasteiger partial charge in [-0.2, -0.15) is 0 Å². The second kappa shape index (κ2) is 7.26. The van der Waals surface area contributed by atoms with Crippen LogP contribution in [0.1, 0.15) is 15.9 Å². The minimum Gasteiger partial charge on any atom is -0.497 e. The van der Waals surface area contributed by atoms with Crippen LogP contribution in [0.15, 0.2) is 46.9 Å². The van der Waals surface area contributed by atoms with E-state index < -0.39 is 0 Å². The smallest absolute Gasteiger partial charge is 0.253 e. The van der Waals surface area contributed by atoms with Crippen molar-refractivity contribution in [1.29, 1.82) is 0 Å². The number of carbonyl (C=O) groups excluding carboxylic acids is 1. The largest absolute Gasteiger partial charge is 0.497 e. The molecule has 0 spiro atoms. The number of amides is 1. The van der Waals surface area contributed by atoms with Crippen LogP contribution in [0.5, 0.6) is 5.75 Å². The first-order valence-corrected chi connectivity index (χ1v) is 8.82. The fourth-order valence-electron chi connectivity index (χ4n) is 2.91. The van der Waals surface area contributed by atoms with E-state index in [0.29, 0.717) is 5.56 Å². The molecular weight excluding hydrogens is 368 g/mol. The number of benzene rings is 2. The van der Waals surface area contributed by atoms with E-state index in [0.717, 1.165) is 36.4 Å². The Bertz CT molecular complexity index is 723. The highest BCUT2D eigenvalue weighted by atomic mass is 79.9. The van der Waals surface area contributed by atoms with Gasteiger partial charge in [-0.25, -0.2) is 0 Å². The summed E-state index contributed by atoms with van der Waals surface area (Å²) in [5, 5.41) is 0. The Kier molecular flexibility index (Phi) is 5.09. The Hall–Kier alpha value is -2.01. The molecule has 24 heavy (non-hydrogen) atoms. The number of nitrogens with zero attached hydrogens (tertiary/aromatic N) is 2. The minimum absolute atomic E-state index is 0.0873. The molecule has 1 saturated heterocycles. The van der Waals surface area contributed by atoms with Gasteiger partial charge in [0.15, 0.2) is 0 Å². The molecule has 1 heterocycles. The predicted octanol–water partition coefficient (Wildman–Crippen LogP) is 3.73. The molecule has 1 amide bonds. The summed E-state index contributed by atoms with van der Waals surface area (Å²) >= 11 is 3.54. The van der Waals surface area contributed by atoms with E-state index >= 15 is 0 Å². The molecular formula is C19H21BrN2O2. The van der Waals surface area contributed by atoms with Gasteiger partial charge in [-0.15, -0.1) is 0 Å². The molecule has 4 nitrogen and oxygen atoms in total. The van der Waals surface area contributed by atoms with Crippen LogP contribution in [0.25, 0.3) is 0 Å². The lowest BCUT2D eigenvalue weighted by molar-refractivity contribution is 0.0747. The lowest BCUT2D eigenvalue weighted by Crippen LogP contribution is -2.48. The van der Waals surface area contributed by atoms with Gasteiger partial charge in [0.05, 0.1) is 7.11 Å². The summed E-state index contributed by atoms with van der Waals surface area (Å²) in [6.07, 6.45) is 0. The Balaban J connectivity index is 1.63. The number of hydrogen-bond donors (Lipinski definition) is 0. The van der Waals surface area contributed by atoms with Crippen molar-refractivity contribution in [3.8, 4) is 5.75 Å². The Morgan fingerprint density at radius 2 is 1.71 bits per heavy atom. The summed E-state index contributed by atoms with van der Waals surface area (Å²) in [5.41, 5.74) is 3.15. The van der Waals surface area contributed by atoms with Gasteiger partial charge < -0.3 is 14.5 Å². The van der Waals surface area contributed by atoms with Gasteiger partial charge in [0.2, 0.25) is 0 Å². The number of aryl methyl sites for hydroxylation is 1. The van der Waals surface area contributed by atoms with Crippen molar-refractivity contribution >= 4 is 27.5 Å². The van der Waals surface area contributed by atoms with Gasteiger partial charge in [0.25, 0.3) is 5.91 Å². The number of methoxy groups -OCH3 is 1. The van der Waals surface area contributed by atoms with Gasteiger partial charge in [0.1, 0.15) is 5.75 Å². The molecule has 0 atom stereocenters. The molecule has 2 aromatic carbocycles. The van der Waals surface area contributed by atoms with E-state index in [-0.39, 0.29) is 5.91 Å². The molecule has 0 bridgehead atoms. The van der Waals surface area contributed by atoms with E-state index in [4.69, 9.17) is 4.74 Å². The molecule has 0 unspecified atom stereocenters. The SMILES string of the molecule is COc1ccc(C(=O)N2CCN(c3ccc(Br)c(C)c3)CC2)cc1. The van der Waals surface area contributed by atoms with E-state index in [9.17, 15) is 4.79 Å². The van der Waals surface area contributed by atoms with Crippen molar-refractivity contribution in [2.45, 2.75) is 6.92 Å². The second-order valence-corrected chi connectivity index (χ2v) is 6.80. The van der Waals surface area contributed by atoms with Crippen molar-refractivity contribution in [1.82, 2.24) is 4.90 Å². The van der Waals surface area contributed by atoms with E-state index in [1.807, 2.05) is 29.2 Å². The maximum atomic E-state index is 12.6. The summed E-state index contributed by atoms with van der Waals surface area (Å²) in [6, 6.07) is 13.7. The average Bonchev–Trinajstić information content (AvgIpc) is 2.63. The lowest BCUT2D eigenvalue weighted by Gasteiger charge is -2.36. The number of halogens is 1. The summed E-state index contributed by atoms with van der Waals surface area (Å²) in [5.74, 6) is 0.853. The van der Waals surface area contributed by atoms with Crippen LogP contribution in [0, 0.1) is 6.92 Å². The number of hydrogen-bond acceptors (Lipinski definition) is 3. The van der Waals surface area contributed by atoms with Crippen LogP contribution < -0.4 is 9.64 Å². The first-order valence-electron chi connectivity index (χ1n) is 8.03. The molecule has 126 valence electrons. The van der Waals surface area contributed by atoms with E-state index in [1.54, 1.807) is 7.11 Å². The Morgan fingerprint density at radius 1 is 1.04 bits per heavy atom. The highest BCUT2D eigenvalue weighted by Gasteiger charge is 2.22. The van der Waals surface area contributed by atoms with Crippen molar-refractivity contribution < 1.29 is 9.53 Å². The van der Waals surface area contributed by atoms with Gasteiger partial charge in [-0.1, -0.05) is 15.9 Å². The second-order valence-electron chi connectivity index (χ2n) is 5.94. The van der Waals surface area contributed by atoms with Crippen LogP contribution in [-0.4, -0.2) is 44.1 Å². The van der Waals surface area contributed by atoms with Crippen LogP contribution in [-0.2, 0) is 0 Å². The summed E-state index contributed by atoms with van der Waals surface area (Å²) in [6.45, 7) is 5.27. The quantitative estimate of drug-likeness (QED) is 0.802. The third-order valence-corrected chi connectivity index (χ3v) is 5.30. The third-order valence-electron chi connectivity index (χ3n) is 4.41. The summed E-state index contributed by atoms with van der Waals surface area (Å²) in [4.78, 5) is 16.9. The average molecular weight is 389 g/mol.